The Morgan fingerprint density at radius 1 is 1.48 bits per heavy atom. The van der Waals surface area contributed by atoms with Crippen molar-refractivity contribution in [2.24, 2.45) is 5.92 Å². The first-order valence-electron chi connectivity index (χ1n) is 7.37. The molecule has 0 radical (unpaired) electrons. The Bertz CT molecular complexity index is 497. The van der Waals surface area contributed by atoms with Gasteiger partial charge in [-0.15, -0.1) is 0 Å². The Morgan fingerprint density at radius 3 is 2.67 bits per heavy atom. The lowest BCUT2D eigenvalue weighted by molar-refractivity contribution is 0.0690. The summed E-state index contributed by atoms with van der Waals surface area (Å²) in [6, 6.07) is 0. The van der Waals surface area contributed by atoms with Gasteiger partial charge >= 0.3 is 5.97 Å². The third-order valence-electron chi connectivity index (χ3n) is 3.86. The number of methoxy groups -OCH3 is 1. The zero-order valence-corrected chi connectivity index (χ0v) is 12.9. The van der Waals surface area contributed by atoms with Crippen molar-refractivity contribution in [1.29, 1.82) is 0 Å². The fourth-order valence-corrected chi connectivity index (χ4v) is 2.63. The van der Waals surface area contributed by atoms with Gasteiger partial charge in [0.25, 0.3) is 0 Å². The molecule has 2 rings (SSSR count). The summed E-state index contributed by atoms with van der Waals surface area (Å²) < 4.78 is 5.19. The van der Waals surface area contributed by atoms with Gasteiger partial charge in [0, 0.05) is 32.7 Å². The quantitative estimate of drug-likeness (QED) is 0.896. The number of anilines is 1. The van der Waals surface area contributed by atoms with Gasteiger partial charge in [0.2, 0.25) is 0 Å². The van der Waals surface area contributed by atoms with Crippen LogP contribution in [0.4, 0.5) is 5.69 Å². The van der Waals surface area contributed by atoms with Crippen LogP contribution in [0, 0.1) is 5.92 Å². The van der Waals surface area contributed by atoms with E-state index in [1.54, 1.807) is 13.3 Å². The van der Waals surface area contributed by atoms with E-state index in [-0.39, 0.29) is 11.6 Å². The molecular weight excluding hydrogens is 270 g/mol. The number of carboxylic acid groups (broad SMARTS) is 1. The molecule has 0 bridgehead atoms. The largest absolute Gasteiger partial charge is 0.476 e. The molecular formula is C15H23N3O3. The number of carbonyl (C=O) groups is 1. The second-order valence-electron chi connectivity index (χ2n) is 5.81. The van der Waals surface area contributed by atoms with E-state index in [4.69, 9.17) is 4.74 Å². The standard InChI is InChI=1S/C15H23N3O3/c1-10(2)14-16-8-12(13(17-14)15(19)20)18-6-4-11(5-7-18)9-21-3/h8,10-11H,4-7,9H2,1-3H3,(H,19,20). The Morgan fingerprint density at radius 2 is 2.14 bits per heavy atom. The molecule has 0 spiro atoms. The number of hydrogen-bond acceptors (Lipinski definition) is 5. The van der Waals surface area contributed by atoms with E-state index in [0.29, 0.717) is 17.4 Å². The van der Waals surface area contributed by atoms with Gasteiger partial charge < -0.3 is 14.7 Å². The second-order valence-corrected chi connectivity index (χ2v) is 5.81. The minimum atomic E-state index is -0.992. The van der Waals surface area contributed by atoms with Crippen molar-refractivity contribution >= 4 is 11.7 Å². The first-order valence-corrected chi connectivity index (χ1v) is 7.37. The normalized spacial score (nSPS) is 16.5. The van der Waals surface area contributed by atoms with Crippen LogP contribution in [0.5, 0.6) is 0 Å². The summed E-state index contributed by atoms with van der Waals surface area (Å²) in [4.78, 5) is 22.1. The molecule has 116 valence electrons. The molecule has 6 nitrogen and oxygen atoms in total. The Balaban J connectivity index is 2.18. The Labute approximate surface area is 125 Å². The number of piperidine rings is 1. The lowest BCUT2D eigenvalue weighted by Crippen LogP contribution is -2.36. The van der Waals surface area contributed by atoms with Crippen molar-refractivity contribution in [2.45, 2.75) is 32.6 Å². The first kappa shape index (κ1) is 15.7. The van der Waals surface area contributed by atoms with Crippen LogP contribution in [0.3, 0.4) is 0 Å². The lowest BCUT2D eigenvalue weighted by atomic mass is 9.97. The molecule has 0 amide bonds. The Hall–Kier alpha value is -1.69. The maximum Gasteiger partial charge on any atom is 0.356 e. The SMILES string of the molecule is COCC1CCN(c2cnc(C(C)C)nc2C(=O)O)CC1. The van der Waals surface area contributed by atoms with Crippen LogP contribution < -0.4 is 4.90 Å². The van der Waals surface area contributed by atoms with Crippen LogP contribution >= 0.6 is 0 Å². The van der Waals surface area contributed by atoms with E-state index in [1.807, 2.05) is 13.8 Å². The molecule has 0 unspecified atom stereocenters. The maximum absolute atomic E-state index is 11.5. The summed E-state index contributed by atoms with van der Waals surface area (Å²) in [5.41, 5.74) is 0.738. The highest BCUT2D eigenvalue weighted by molar-refractivity contribution is 5.92. The summed E-state index contributed by atoms with van der Waals surface area (Å²) in [5.74, 6) is 0.249. The van der Waals surface area contributed by atoms with Gasteiger partial charge in [0.1, 0.15) is 5.82 Å². The van der Waals surface area contributed by atoms with Crippen LogP contribution in [0.1, 0.15) is 48.9 Å². The molecule has 2 heterocycles. The summed E-state index contributed by atoms with van der Waals surface area (Å²) in [6.45, 7) is 6.31. The number of hydrogen-bond donors (Lipinski definition) is 1. The predicted octanol–water partition coefficient (Wildman–Crippen LogP) is 2.16. The maximum atomic E-state index is 11.5. The molecule has 0 atom stereocenters. The summed E-state index contributed by atoms with van der Waals surface area (Å²) in [6.07, 6.45) is 3.65. The minimum Gasteiger partial charge on any atom is -0.476 e. The van der Waals surface area contributed by atoms with Crippen molar-refractivity contribution in [3.8, 4) is 0 Å². The van der Waals surface area contributed by atoms with E-state index >= 15 is 0 Å². The summed E-state index contributed by atoms with van der Waals surface area (Å²) >= 11 is 0. The molecule has 1 aliphatic rings. The van der Waals surface area contributed by atoms with Gasteiger partial charge in [-0.05, 0) is 18.8 Å². The number of rotatable bonds is 5. The molecule has 1 aromatic heterocycles. The highest BCUT2D eigenvalue weighted by Crippen LogP contribution is 2.26. The van der Waals surface area contributed by atoms with Gasteiger partial charge in [-0.2, -0.15) is 0 Å². The third kappa shape index (κ3) is 3.69. The van der Waals surface area contributed by atoms with Crippen molar-refractivity contribution < 1.29 is 14.6 Å². The first-order chi connectivity index (χ1) is 10.0. The molecule has 1 saturated heterocycles. The second kappa shape index (κ2) is 6.85. The molecule has 6 heteroatoms. The van der Waals surface area contributed by atoms with Crippen molar-refractivity contribution in [3.63, 3.8) is 0 Å². The van der Waals surface area contributed by atoms with Crippen molar-refractivity contribution in [3.05, 3.63) is 17.7 Å². The highest BCUT2D eigenvalue weighted by Gasteiger charge is 2.24. The van der Waals surface area contributed by atoms with Gasteiger partial charge in [-0.25, -0.2) is 14.8 Å². The van der Waals surface area contributed by atoms with Gasteiger partial charge in [-0.3, -0.25) is 0 Å². The predicted molar refractivity (Wildman–Crippen MR) is 79.9 cm³/mol. The summed E-state index contributed by atoms with van der Waals surface area (Å²) in [5, 5.41) is 9.40. The van der Waals surface area contributed by atoms with Gasteiger partial charge in [0.15, 0.2) is 5.69 Å². The van der Waals surface area contributed by atoms with Gasteiger partial charge in [-0.1, -0.05) is 13.8 Å². The smallest absolute Gasteiger partial charge is 0.356 e. The topological polar surface area (TPSA) is 75.5 Å². The molecule has 0 aliphatic carbocycles. The monoisotopic (exact) mass is 293 g/mol. The summed E-state index contributed by atoms with van der Waals surface area (Å²) in [7, 11) is 1.72. The van der Waals surface area contributed by atoms with E-state index < -0.39 is 5.97 Å². The van der Waals surface area contributed by atoms with Crippen LogP contribution in [-0.4, -0.2) is 47.8 Å². The van der Waals surface area contributed by atoms with Crippen LogP contribution in [0.25, 0.3) is 0 Å². The third-order valence-corrected chi connectivity index (χ3v) is 3.86. The van der Waals surface area contributed by atoms with Crippen LogP contribution in [-0.2, 0) is 4.74 Å². The molecule has 1 fully saturated rings. The van der Waals surface area contributed by atoms with E-state index in [0.717, 1.165) is 32.5 Å². The molecule has 0 saturated carbocycles. The van der Waals surface area contributed by atoms with E-state index in [1.165, 1.54) is 0 Å². The van der Waals surface area contributed by atoms with Crippen molar-refractivity contribution in [2.75, 3.05) is 31.7 Å². The number of aromatic carboxylic acids is 1. The fraction of sp³-hybridized carbons (Fsp3) is 0.667. The van der Waals surface area contributed by atoms with Crippen LogP contribution in [0.15, 0.2) is 6.20 Å². The zero-order chi connectivity index (χ0) is 15.4. The highest BCUT2D eigenvalue weighted by atomic mass is 16.5. The number of carboxylic acids is 1. The average Bonchev–Trinajstić information content (AvgIpc) is 2.47. The molecule has 0 aromatic carbocycles. The molecule has 1 N–H and O–H groups in total. The lowest BCUT2D eigenvalue weighted by Gasteiger charge is -2.33. The molecule has 1 aromatic rings. The molecule has 1 aliphatic heterocycles. The fourth-order valence-electron chi connectivity index (χ4n) is 2.63. The van der Waals surface area contributed by atoms with Crippen LogP contribution in [0.2, 0.25) is 0 Å². The molecule has 21 heavy (non-hydrogen) atoms. The number of ether oxygens (including phenoxy) is 1. The Kier molecular flexibility index (Phi) is 5.12. The number of aromatic nitrogens is 2. The van der Waals surface area contributed by atoms with Gasteiger partial charge in [0.05, 0.1) is 11.9 Å². The number of nitrogens with zero attached hydrogens (tertiary/aromatic N) is 3. The zero-order valence-electron chi connectivity index (χ0n) is 12.9. The minimum absolute atomic E-state index is 0.110. The van der Waals surface area contributed by atoms with Crippen molar-refractivity contribution in [1.82, 2.24) is 9.97 Å². The van der Waals surface area contributed by atoms with E-state index in [2.05, 4.69) is 14.9 Å². The van der Waals surface area contributed by atoms with E-state index in [9.17, 15) is 9.90 Å². The average molecular weight is 293 g/mol.